The number of halogens is 1. The average molecular weight is 179 g/mol. The summed E-state index contributed by atoms with van der Waals surface area (Å²) >= 11 is 0. The van der Waals surface area contributed by atoms with E-state index in [0.717, 1.165) is 24.8 Å². The van der Waals surface area contributed by atoms with E-state index in [-0.39, 0.29) is 11.9 Å². The minimum absolute atomic E-state index is 0.0819. The first-order valence-corrected chi connectivity index (χ1v) is 4.77. The lowest BCUT2D eigenvalue weighted by atomic mass is 9.97. The van der Waals surface area contributed by atoms with Crippen LogP contribution in [0.25, 0.3) is 0 Å². The van der Waals surface area contributed by atoms with Gasteiger partial charge in [0.25, 0.3) is 0 Å². The Hall–Kier alpha value is -0.890. The Labute approximate surface area is 77.8 Å². The van der Waals surface area contributed by atoms with E-state index < -0.39 is 0 Å². The minimum Gasteiger partial charge on any atom is -0.328 e. The Bertz CT molecular complexity index is 298. The van der Waals surface area contributed by atoms with Crippen molar-refractivity contribution < 1.29 is 4.39 Å². The van der Waals surface area contributed by atoms with E-state index >= 15 is 0 Å². The number of nitrogens with two attached hydrogens (primary N) is 1. The average Bonchev–Trinajstić information content (AvgIpc) is 2.53. The third-order valence-electron chi connectivity index (χ3n) is 2.82. The van der Waals surface area contributed by atoms with Crippen LogP contribution in [0, 0.1) is 5.82 Å². The van der Waals surface area contributed by atoms with Crippen molar-refractivity contribution in [3.05, 3.63) is 35.6 Å². The van der Waals surface area contributed by atoms with Crippen molar-refractivity contribution in [2.45, 2.75) is 31.2 Å². The zero-order valence-electron chi connectivity index (χ0n) is 7.54. The zero-order valence-corrected chi connectivity index (χ0v) is 7.54. The highest BCUT2D eigenvalue weighted by Gasteiger charge is 2.24. The molecule has 2 rings (SSSR count). The summed E-state index contributed by atoms with van der Waals surface area (Å²) < 4.78 is 13.3. The molecule has 1 aliphatic carbocycles. The standard InChI is InChI=1S/C11H14FN/c12-11-4-2-1-3-10(11)8-5-6-9(13)7-8/h1-4,8-9H,5-7,13H2/t8-,9+/m1/s1. The van der Waals surface area contributed by atoms with Gasteiger partial charge in [-0.1, -0.05) is 18.2 Å². The second-order valence-electron chi connectivity index (χ2n) is 3.79. The monoisotopic (exact) mass is 179 g/mol. The molecule has 0 heterocycles. The van der Waals surface area contributed by atoms with E-state index in [1.165, 1.54) is 6.07 Å². The van der Waals surface area contributed by atoms with Crippen molar-refractivity contribution in [2.24, 2.45) is 5.73 Å². The van der Waals surface area contributed by atoms with Gasteiger partial charge in [-0.05, 0) is 36.8 Å². The smallest absolute Gasteiger partial charge is 0.126 e. The molecule has 0 radical (unpaired) electrons. The topological polar surface area (TPSA) is 26.0 Å². The second-order valence-corrected chi connectivity index (χ2v) is 3.79. The van der Waals surface area contributed by atoms with Crippen LogP contribution in [0.3, 0.4) is 0 Å². The molecule has 2 atom stereocenters. The third-order valence-corrected chi connectivity index (χ3v) is 2.82. The molecule has 1 nitrogen and oxygen atoms in total. The Kier molecular flexibility index (Phi) is 2.32. The third kappa shape index (κ3) is 1.73. The summed E-state index contributed by atoms with van der Waals surface area (Å²) in [6, 6.07) is 7.29. The predicted octanol–water partition coefficient (Wildman–Crippen LogP) is 2.42. The Morgan fingerprint density at radius 1 is 1.23 bits per heavy atom. The fourth-order valence-electron chi connectivity index (χ4n) is 2.11. The van der Waals surface area contributed by atoms with Gasteiger partial charge in [-0.3, -0.25) is 0 Å². The van der Waals surface area contributed by atoms with E-state index in [0.29, 0.717) is 5.92 Å². The van der Waals surface area contributed by atoms with Crippen LogP contribution in [0.1, 0.15) is 30.7 Å². The molecule has 70 valence electrons. The molecule has 0 amide bonds. The lowest BCUT2D eigenvalue weighted by molar-refractivity contribution is 0.576. The van der Waals surface area contributed by atoms with Crippen LogP contribution in [0.4, 0.5) is 4.39 Å². The Morgan fingerprint density at radius 2 is 2.00 bits per heavy atom. The minimum atomic E-state index is -0.0819. The number of rotatable bonds is 1. The van der Waals surface area contributed by atoms with Crippen molar-refractivity contribution in [3.8, 4) is 0 Å². The fourth-order valence-corrected chi connectivity index (χ4v) is 2.11. The van der Waals surface area contributed by atoms with Gasteiger partial charge in [-0.15, -0.1) is 0 Å². The number of hydrogen-bond acceptors (Lipinski definition) is 1. The molecular formula is C11H14FN. The van der Waals surface area contributed by atoms with E-state index in [1.54, 1.807) is 6.07 Å². The fraction of sp³-hybridized carbons (Fsp3) is 0.455. The molecule has 0 unspecified atom stereocenters. The van der Waals surface area contributed by atoms with Gasteiger partial charge in [0.15, 0.2) is 0 Å². The molecule has 2 heteroatoms. The molecule has 0 bridgehead atoms. The van der Waals surface area contributed by atoms with Crippen LogP contribution >= 0.6 is 0 Å². The maximum atomic E-state index is 13.3. The van der Waals surface area contributed by atoms with Gasteiger partial charge >= 0.3 is 0 Å². The summed E-state index contributed by atoms with van der Waals surface area (Å²) in [6.45, 7) is 0. The van der Waals surface area contributed by atoms with Gasteiger partial charge in [0, 0.05) is 6.04 Å². The van der Waals surface area contributed by atoms with Gasteiger partial charge in [0.1, 0.15) is 5.82 Å². The predicted molar refractivity (Wildman–Crippen MR) is 51.0 cm³/mol. The molecule has 13 heavy (non-hydrogen) atoms. The largest absolute Gasteiger partial charge is 0.328 e. The van der Waals surface area contributed by atoms with Gasteiger partial charge in [-0.25, -0.2) is 4.39 Å². The normalized spacial score (nSPS) is 27.8. The van der Waals surface area contributed by atoms with E-state index in [1.807, 2.05) is 12.1 Å². The molecule has 1 fully saturated rings. The second kappa shape index (κ2) is 3.46. The molecule has 0 aliphatic heterocycles. The zero-order chi connectivity index (χ0) is 9.26. The molecule has 2 N–H and O–H groups in total. The molecule has 0 spiro atoms. The van der Waals surface area contributed by atoms with E-state index in [9.17, 15) is 4.39 Å². The van der Waals surface area contributed by atoms with Crippen molar-refractivity contribution >= 4 is 0 Å². The van der Waals surface area contributed by atoms with E-state index in [4.69, 9.17) is 5.73 Å². The van der Waals surface area contributed by atoms with Crippen LogP contribution in [-0.2, 0) is 0 Å². The van der Waals surface area contributed by atoms with E-state index in [2.05, 4.69) is 0 Å². The first-order valence-electron chi connectivity index (χ1n) is 4.77. The molecule has 1 saturated carbocycles. The number of hydrogen-bond donors (Lipinski definition) is 1. The van der Waals surface area contributed by atoms with Crippen LogP contribution in [0.2, 0.25) is 0 Å². The summed E-state index contributed by atoms with van der Waals surface area (Å²) in [6.07, 6.45) is 2.99. The molecular weight excluding hydrogens is 165 g/mol. The van der Waals surface area contributed by atoms with Crippen LogP contribution in [0.15, 0.2) is 24.3 Å². The Morgan fingerprint density at radius 3 is 2.62 bits per heavy atom. The molecule has 0 aromatic heterocycles. The van der Waals surface area contributed by atoms with Crippen molar-refractivity contribution in [1.29, 1.82) is 0 Å². The Balaban J connectivity index is 2.21. The molecule has 1 aromatic carbocycles. The molecule has 1 aliphatic rings. The summed E-state index contributed by atoms with van der Waals surface area (Å²) in [7, 11) is 0. The highest BCUT2D eigenvalue weighted by molar-refractivity contribution is 5.23. The van der Waals surface area contributed by atoms with Crippen molar-refractivity contribution in [2.75, 3.05) is 0 Å². The van der Waals surface area contributed by atoms with Crippen LogP contribution in [0.5, 0.6) is 0 Å². The lowest BCUT2D eigenvalue weighted by Crippen LogP contribution is -2.14. The highest BCUT2D eigenvalue weighted by Crippen LogP contribution is 2.34. The first-order chi connectivity index (χ1) is 6.27. The van der Waals surface area contributed by atoms with Crippen LogP contribution < -0.4 is 5.73 Å². The lowest BCUT2D eigenvalue weighted by Gasteiger charge is -2.10. The quantitative estimate of drug-likeness (QED) is 0.704. The summed E-state index contributed by atoms with van der Waals surface area (Å²) in [5, 5.41) is 0. The maximum absolute atomic E-state index is 13.3. The maximum Gasteiger partial charge on any atom is 0.126 e. The first kappa shape index (κ1) is 8.70. The molecule has 0 saturated heterocycles. The summed E-state index contributed by atoms with van der Waals surface area (Å²) in [5.41, 5.74) is 6.63. The van der Waals surface area contributed by atoms with Gasteiger partial charge in [-0.2, -0.15) is 0 Å². The highest BCUT2D eigenvalue weighted by atomic mass is 19.1. The summed E-state index contributed by atoms with van der Waals surface area (Å²) in [5.74, 6) is 0.262. The van der Waals surface area contributed by atoms with Crippen molar-refractivity contribution in [3.63, 3.8) is 0 Å². The van der Waals surface area contributed by atoms with Gasteiger partial charge in [0.2, 0.25) is 0 Å². The number of benzene rings is 1. The summed E-state index contributed by atoms with van der Waals surface area (Å²) in [4.78, 5) is 0. The van der Waals surface area contributed by atoms with Gasteiger partial charge in [0.05, 0.1) is 0 Å². The van der Waals surface area contributed by atoms with Crippen LogP contribution in [-0.4, -0.2) is 6.04 Å². The van der Waals surface area contributed by atoms with Gasteiger partial charge < -0.3 is 5.73 Å². The van der Waals surface area contributed by atoms with Crippen molar-refractivity contribution in [1.82, 2.24) is 0 Å². The SMILES string of the molecule is N[C@H]1CC[C@@H](c2ccccc2F)C1. The molecule has 1 aromatic rings.